The molecule has 0 aliphatic carbocycles. The van der Waals surface area contributed by atoms with Crippen LogP contribution >= 0.6 is 12.2 Å². The molecule has 0 aliphatic heterocycles. The highest BCUT2D eigenvalue weighted by Crippen LogP contribution is 2.32. The van der Waals surface area contributed by atoms with E-state index in [2.05, 4.69) is 25.8 Å². The molecular weight excluding hydrogens is 272 g/mol. The minimum absolute atomic E-state index is 0.0293. The van der Waals surface area contributed by atoms with Crippen LogP contribution in [0.4, 0.5) is 0 Å². The first-order chi connectivity index (χ1) is 9.38. The predicted molar refractivity (Wildman–Crippen MR) is 82.8 cm³/mol. The van der Waals surface area contributed by atoms with E-state index in [-0.39, 0.29) is 5.41 Å². The largest absolute Gasteiger partial charge is 0.497 e. The Balaban J connectivity index is 2.69. The molecule has 0 saturated carbocycles. The van der Waals surface area contributed by atoms with E-state index in [9.17, 15) is 0 Å². The molecule has 5 heteroatoms. The summed E-state index contributed by atoms with van der Waals surface area (Å²) in [7, 11) is 3.28. The van der Waals surface area contributed by atoms with Crippen LogP contribution in [0.2, 0.25) is 0 Å². The first-order valence-electron chi connectivity index (χ1n) is 6.42. The lowest BCUT2D eigenvalue weighted by Gasteiger charge is -2.22. The molecule has 2 aromatic rings. The van der Waals surface area contributed by atoms with Crippen LogP contribution in [0.5, 0.6) is 11.5 Å². The number of nitrogens with zero attached hydrogens (tertiary/aromatic N) is 1. The fourth-order valence-corrected chi connectivity index (χ4v) is 2.38. The molecule has 0 unspecified atom stereocenters. The number of H-pyrrole nitrogens is 1. The first kappa shape index (κ1) is 14.7. The highest BCUT2D eigenvalue weighted by atomic mass is 32.1. The molecule has 0 fully saturated rings. The van der Waals surface area contributed by atoms with Crippen LogP contribution in [0.15, 0.2) is 24.4 Å². The van der Waals surface area contributed by atoms with Gasteiger partial charge in [-0.3, -0.25) is 4.57 Å². The van der Waals surface area contributed by atoms with Crippen molar-refractivity contribution in [2.75, 3.05) is 14.2 Å². The first-order valence-corrected chi connectivity index (χ1v) is 6.82. The molecule has 0 saturated heterocycles. The molecule has 20 heavy (non-hydrogen) atoms. The maximum atomic E-state index is 5.47. The van der Waals surface area contributed by atoms with Crippen molar-refractivity contribution in [3.63, 3.8) is 0 Å². The van der Waals surface area contributed by atoms with E-state index in [4.69, 9.17) is 21.7 Å². The van der Waals surface area contributed by atoms with E-state index < -0.39 is 0 Å². The third-order valence-electron chi connectivity index (χ3n) is 3.17. The van der Waals surface area contributed by atoms with E-state index in [1.54, 1.807) is 14.2 Å². The van der Waals surface area contributed by atoms with Gasteiger partial charge in [0.1, 0.15) is 11.5 Å². The SMILES string of the molecule is COc1ccc(-n2c(C(C)(C)C)c[nH]c2=S)c(OC)c1. The third-order valence-corrected chi connectivity index (χ3v) is 3.47. The van der Waals surface area contributed by atoms with Gasteiger partial charge in [-0.2, -0.15) is 0 Å². The number of imidazole rings is 1. The Kier molecular flexibility index (Phi) is 3.90. The number of methoxy groups -OCH3 is 2. The summed E-state index contributed by atoms with van der Waals surface area (Å²) in [5, 5.41) is 0. The zero-order valence-electron chi connectivity index (χ0n) is 12.5. The molecule has 108 valence electrons. The van der Waals surface area contributed by atoms with Gasteiger partial charge in [-0.15, -0.1) is 0 Å². The fraction of sp³-hybridized carbons (Fsp3) is 0.400. The highest BCUT2D eigenvalue weighted by molar-refractivity contribution is 7.71. The summed E-state index contributed by atoms with van der Waals surface area (Å²) in [5.74, 6) is 1.48. The molecule has 1 aromatic heterocycles. The standard InChI is InChI=1S/C15H20N2O2S/c1-15(2,3)13-9-16-14(20)17(13)11-7-6-10(18-4)8-12(11)19-5/h6-9H,1-5H3,(H,16,20). The number of aromatic amines is 1. The number of nitrogens with one attached hydrogen (secondary N) is 1. The van der Waals surface area contributed by atoms with Crippen molar-refractivity contribution >= 4 is 12.2 Å². The molecule has 4 nitrogen and oxygen atoms in total. The Morgan fingerprint density at radius 3 is 2.40 bits per heavy atom. The van der Waals surface area contributed by atoms with E-state index in [1.807, 2.05) is 29.0 Å². The predicted octanol–water partition coefficient (Wildman–Crippen LogP) is 3.85. The van der Waals surface area contributed by atoms with Crippen LogP contribution in [0, 0.1) is 4.77 Å². The van der Waals surface area contributed by atoms with Crippen LogP contribution < -0.4 is 9.47 Å². The monoisotopic (exact) mass is 292 g/mol. The quantitative estimate of drug-likeness (QED) is 0.873. The lowest BCUT2D eigenvalue weighted by atomic mass is 9.92. The normalized spacial score (nSPS) is 11.4. The second-order valence-corrected chi connectivity index (χ2v) is 5.99. The van der Waals surface area contributed by atoms with Gasteiger partial charge >= 0.3 is 0 Å². The Labute approximate surface area is 124 Å². The summed E-state index contributed by atoms with van der Waals surface area (Å²) in [5.41, 5.74) is 1.98. The summed E-state index contributed by atoms with van der Waals surface area (Å²) in [6.45, 7) is 6.45. The van der Waals surface area contributed by atoms with Gasteiger partial charge in [0.15, 0.2) is 4.77 Å². The average molecular weight is 292 g/mol. The summed E-state index contributed by atoms with van der Waals surface area (Å²) in [6.07, 6.45) is 1.95. The number of aromatic nitrogens is 2. The molecule has 0 spiro atoms. The molecule has 0 amide bonds. The van der Waals surface area contributed by atoms with E-state index in [0.717, 1.165) is 22.9 Å². The van der Waals surface area contributed by atoms with Gasteiger partial charge in [0.25, 0.3) is 0 Å². The summed E-state index contributed by atoms with van der Waals surface area (Å²) >= 11 is 5.41. The zero-order valence-corrected chi connectivity index (χ0v) is 13.3. The van der Waals surface area contributed by atoms with Crippen LogP contribution in [0.25, 0.3) is 5.69 Å². The third kappa shape index (κ3) is 2.58. The molecule has 1 N–H and O–H groups in total. The lowest BCUT2D eigenvalue weighted by Crippen LogP contribution is -2.17. The number of rotatable bonds is 3. The van der Waals surface area contributed by atoms with E-state index in [0.29, 0.717) is 4.77 Å². The summed E-state index contributed by atoms with van der Waals surface area (Å²) < 4.78 is 13.4. The van der Waals surface area contributed by atoms with Gasteiger partial charge in [0.2, 0.25) is 0 Å². The van der Waals surface area contributed by atoms with E-state index in [1.165, 1.54) is 0 Å². The average Bonchev–Trinajstić information content (AvgIpc) is 2.79. The van der Waals surface area contributed by atoms with Crippen LogP contribution in [0.1, 0.15) is 26.5 Å². The Bertz CT molecular complexity index is 665. The molecular formula is C15H20N2O2S. The van der Waals surface area contributed by atoms with Gasteiger partial charge in [-0.25, -0.2) is 0 Å². The zero-order chi connectivity index (χ0) is 14.9. The lowest BCUT2D eigenvalue weighted by molar-refractivity contribution is 0.392. The molecule has 1 aromatic carbocycles. The smallest absolute Gasteiger partial charge is 0.182 e. The van der Waals surface area contributed by atoms with Crippen molar-refractivity contribution in [3.05, 3.63) is 34.9 Å². The van der Waals surface area contributed by atoms with Crippen molar-refractivity contribution in [1.82, 2.24) is 9.55 Å². The summed E-state index contributed by atoms with van der Waals surface area (Å²) in [4.78, 5) is 3.11. The highest BCUT2D eigenvalue weighted by Gasteiger charge is 2.21. The minimum atomic E-state index is -0.0293. The summed E-state index contributed by atoms with van der Waals surface area (Å²) in [6, 6.07) is 5.71. The van der Waals surface area contributed by atoms with Crippen molar-refractivity contribution in [1.29, 1.82) is 0 Å². The van der Waals surface area contributed by atoms with Crippen molar-refractivity contribution < 1.29 is 9.47 Å². The van der Waals surface area contributed by atoms with Crippen LogP contribution in [0.3, 0.4) is 0 Å². The maximum Gasteiger partial charge on any atom is 0.182 e. The van der Waals surface area contributed by atoms with Crippen molar-refractivity contribution in [3.8, 4) is 17.2 Å². The van der Waals surface area contributed by atoms with Crippen LogP contribution in [-0.4, -0.2) is 23.8 Å². The maximum absolute atomic E-state index is 5.47. The molecule has 1 heterocycles. The minimum Gasteiger partial charge on any atom is -0.497 e. The Morgan fingerprint density at radius 2 is 1.85 bits per heavy atom. The number of ether oxygens (including phenoxy) is 2. The molecule has 0 aliphatic rings. The van der Waals surface area contributed by atoms with Gasteiger partial charge < -0.3 is 14.5 Å². The van der Waals surface area contributed by atoms with Gasteiger partial charge in [0, 0.05) is 23.4 Å². The molecule has 0 radical (unpaired) electrons. The van der Waals surface area contributed by atoms with Gasteiger partial charge in [-0.05, 0) is 24.4 Å². The molecule has 0 bridgehead atoms. The van der Waals surface area contributed by atoms with Crippen molar-refractivity contribution in [2.24, 2.45) is 0 Å². The molecule has 0 atom stereocenters. The topological polar surface area (TPSA) is 39.2 Å². The van der Waals surface area contributed by atoms with Gasteiger partial charge in [-0.1, -0.05) is 20.8 Å². The second-order valence-electron chi connectivity index (χ2n) is 5.60. The Hall–Kier alpha value is -1.75. The van der Waals surface area contributed by atoms with E-state index >= 15 is 0 Å². The van der Waals surface area contributed by atoms with Gasteiger partial charge in [0.05, 0.1) is 19.9 Å². The number of hydrogen-bond acceptors (Lipinski definition) is 3. The number of benzene rings is 1. The van der Waals surface area contributed by atoms with Crippen molar-refractivity contribution in [2.45, 2.75) is 26.2 Å². The fourth-order valence-electron chi connectivity index (χ4n) is 2.13. The number of hydrogen-bond donors (Lipinski definition) is 1. The molecule has 2 rings (SSSR count). The van der Waals surface area contributed by atoms with Crippen LogP contribution in [-0.2, 0) is 5.41 Å². The Morgan fingerprint density at radius 1 is 1.15 bits per heavy atom. The second kappa shape index (κ2) is 5.32.